The third kappa shape index (κ3) is 10.1. The Kier molecular flexibility index (Phi) is 14.8. The van der Waals surface area contributed by atoms with Crippen LogP contribution in [0, 0.1) is 13.8 Å². The fraction of sp³-hybridized carbons (Fsp3) is 0.180. The van der Waals surface area contributed by atoms with Gasteiger partial charge in [0.15, 0.2) is 52.3 Å². The zero-order valence-corrected chi connectivity index (χ0v) is 37.5. The average molecular weight is 899 g/mol. The van der Waals surface area contributed by atoms with Gasteiger partial charge in [-0.3, -0.25) is 14.4 Å². The Morgan fingerprint density at radius 1 is 0.409 bits per heavy atom. The summed E-state index contributed by atoms with van der Waals surface area (Å²) in [5, 5.41) is 5.80. The van der Waals surface area contributed by atoms with Gasteiger partial charge in [-0.1, -0.05) is 12.1 Å². The van der Waals surface area contributed by atoms with E-state index in [9.17, 15) is 24.0 Å². The minimum Gasteiger partial charge on any atom is -0.496 e. The number of rotatable bonds is 17. The molecule has 0 aliphatic carbocycles. The van der Waals surface area contributed by atoms with Gasteiger partial charge in [-0.05, 0) is 109 Å². The number of benzene rings is 6. The first kappa shape index (κ1) is 47.0. The molecule has 340 valence electrons. The molecule has 0 spiro atoms. The number of anilines is 2. The van der Waals surface area contributed by atoms with Crippen LogP contribution in [-0.2, 0) is 0 Å². The van der Waals surface area contributed by atoms with Gasteiger partial charge in [0.1, 0.15) is 11.3 Å². The van der Waals surface area contributed by atoms with Crippen LogP contribution in [0.4, 0.5) is 11.4 Å². The number of carbonyl (C=O) groups excluding carboxylic acids is 5. The van der Waals surface area contributed by atoms with E-state index in [0.29, 0.717) is 29.2 Å². The normalized spacial score (nSPS) is 10.5. The van der Waals surface area contributed by atoms with Gasteiger partial charge in [-0.2, -0.15) is 0 Å². The molecule has 6 aromatic carbocycles. The fourth-order valence-corrected chi connectivity index (χ4v) is 6.95. The van der Waals surface area contributed by atoms with Crippen molar-refractivity contribution in [3.8, 4) is 62.9 Å². The molecule has 0 aromatic heterocycles. The molecule has 6 rings (SSSR count). The van der Waals surface area contributed by atoms with Crippen LogP contribution in [0.2, 0.25) is 0 Å². The topological polar surface area (TPSA) is 192 Å². The summed E-state index contributed by atoms with van der Waals surface area (Å²) in [6.07, 6.45) is 0.504. The van der Waals surface area contributed by atoms with Gasteiger partial charge in [0.2, 0.25) is 0 Å². The van der Waals surface area contributed by atoms with E-state index in [1.807, 2.05) is 38.1 Å². The molecule has 66 heavy (non-hydrogen) atoms. The first-order valence-electron chi connectivity index (χ1n) is 20.0. The Morgan fingerprint density at radius 2 is 0.788 bits per heavy atom. The zero-order chi connectivity index (χ0) is 47.7. The van der Waals surface area contributed by atoms with Crippen molar-refractivity contribution in [2.75, 3.05) is 60.4 Å². The molecule has 0 unspecified atom stereocenters. The maximum atomic E-state index is 13.4. The van der Waals surface area contributed by atoms with Crippen LogP contribution in [0.15, 0.2) is 97.1 Å². The van der Waals surface area contributed by atoms with E-state index >= 15 is 0 Å². The summed E-state index contributed by atoms with van der Waals surface area (Å²) in [5.74, 6) is -0.713. The smallest absolute Gasteiger partial charge is 0.347 e. The summed E-state index contributed by atoms with van der Waals surface area (Å²) in [5.41, 5.74) is 5.18. The van der Waals surface area contributed by atoms with Crippen molar-refractivity contribution >= 4 is 41.4 Å². The number of aldehydes is 1. The maximum absolute atomic E-state index is 13.4. The number of hydrogen-bond donors (Lipinski definition) is 2. The molecule has 0 bridgehead atoms. The van der Waals surface area contributed by atoms with E-state index in [4.69, 9.17) is 42.6 Å². The molecule has 2 amide bonds. The van der Waals surface area contributed by atoms with Gasteiger partial charge in [-0.25, -0.2) is 9.59 Å². The molecule has 0 radical (unpaired) electrons. The van der Waals surface area contributed by atoms with Crippen LogP contribution in [0.25, 0.3) is 11.1 Å². The van der Waals surface area contributed by atoms with E-state index in [1.165, 1.54) is 110 Å². The lowest BCUT2D eigenvalue weighted by molar-refractivity contribution is 0.0717. The largest absolute Gasteiger partial charge is 0.496 e. The minimum atomic E-state index is -0.847. The second-order valence-corrected chi connectivity index (χ2v) is 14.3. The van der Waals surface area contributed by atoms with Gasteiger partial charge in [-0.15, -0.1) is 0 Å². The molecule has 0 saturated carbocycles. The van der Waals surface area contributed by atoms with Crippen LogP contribution >= 0.6 is 0 Å². The standard InChI is InChI=1S/C50H46N2O14/c1-27-18-32(51-47(54)29-10-16-38(41(20-29)59-4)65-49(56)36-23-44(62-7)43(61-6)22-31(36)26-53)12-14-34(27)35-15-13-33(19-28(35)2)52-48(55)30-11-17-39(42(21-30)60-5)66-50(57)37-24-45(63-8)46(64-9)25-40(37)58-3/h10-26H,1-9H3,(H,51,54)(H,52,55). The molecule has 2 N–H and O–H groups in total. The van der Waals surface area contributed by atoms with Crippen molar-refractivity contribution in [3.05, 3.63) is 136 Å². The molecule has 0 atom stereocenters. The monoisotopic (exact) mass is 898 g/mol. The molecular weight excluding hydrogens is 853 g/mol. The molecular formula is C50H46N2O14. The number of aryl methyl sites for hydroxylation is 2. The van der Waals surface area contributed by atoms with E-state index in [2.05, 4.69) is 10.6 Å². The number of ether oxygens (including phenoxy) is 9. The Hall–Kier alpha value is -8.53. The van der Waals surface area contributed by atoms with Crippen molar-refractivity contribution < 1.29 is 66.6 Å². The van der Waals surface area contributed by atoms with E-state index in [-0.39, 0.29) is 68.1 Å². The summed E-state index contributed by atoms with van der Waals surface area (Å²) in [6, 6.07) is 25.4. The number of nitrogens with one attached hydrogen (secondary N) is 2. The molecule has 0 aliphatic rings. The Morgan fingerprint density at radius 3 is 1.20 bits per heavy atom. The summed E-state index contributed by atoms with van der Waals surface area (Å²) >= 11 is 0. The SMILES string of the molecule is COc1cc(C=O)c(C(=O)Oc2ccc(C(=O)Nc3ccc(-c4ccc(NC(=O)c5ccc(OC(=O)c6cc(OC)c(OC)cc6OC)c(OC)c5)cc4C)c(C)c3)cc2OC)cc1OC. The summed E-state index contributed by atoms with van der Waals surface area (Å²) in [7, 11) is 9.89. The minimum absolute atomic E-state index is 0.0242. The van der Waals surface area contributed by atoms with Crippen molar-refractivity contribution in [3.63, 3.8) is 0 Å². The molecule has 0 saturated heterocycles. The molecule has 0 heterocycles. The number of hydrogen-bond acceptors (Lipinski definition) is 14. The zero-order valence-electron chi connectivity index (χ0n) is 37.5. The van der Waals surface area contributed by atoms with Gasteiger partial charge >= 0.3 is 11.9 Å². The van der Waals surface area contributed by atoms with Crippen LogP contribution in [0.5, 0.6) is 51.7 Å². The van der Waals surface area contributed by atoms with Crippen LogP contribution < -0.4 is 53.3 Å². The lowest BCUT2D eigenvalue weighted by atomic mass is 9.95. The third-order valence-electron chi connectivity index (χ3n) is 10.3. The van der Waals surface area contributed by atoms with Crippen molar-refractivity contribution in [2.45, 2.75) is 13.8 Å². The van der Waals surface area contributed by atoms with Crippen LogP contribution in [0.3, 0.4) is 0 Å². The molecule has 16 heteroatoms. The molecule has 0 fully saturated rings. The van der Waals surface area contributed by atoms with E-state index < -0.39 is 23.8 Å². The van der Waals surface area contributed by atoms with Gasteiger partial charge in [0, 0.05) is 40.2 Å². The highest BCUT2D eigenvalue weighted by Gasteiger charge is 2.24. The summed E-state index contributed by atoms with van der Waals surface area (Å²) in [6.45, 7) is 3.84. The van der Waals surface area contributed by atoms with Gasteiger partial charge in [0.25, 0.3) is 11.8 Å². The first-order valence-corrected chi connectivity index (χ1v) is 20.0. The van der Waals surface area contributed by atoms with Gasteiger partial charge in [0.05, 0.1) is 55.3 Å². The second-order valence-electron chi connectivity index (χ2n) is 14.3. The number of carbonyl (C=O) groups is 5. The Balaban J connectivity index is 1.11. The highest BCUT2D eigenvalue weighted by Crippen LogP contribution is 2.38. The number of amides is 2. The third-order valence-corrected chi connectivity index (χ3v) is 10.3. The van der Waals surface area contributed by atoms with Crippen molar-refractivity contribution in [1.29, 1.82) is 0 Å². The quantitative estimate of drug-likeness (QED) is 0.0501. The fourth-order valence-electron chi connectivity index (χ4n) is 6.95. The maximum Gasteiger partial charge on any atom is 0.347 e. The highest BCUT2D eigenvalue weighted by atomic mass is 16.6. The molecule has 16 nitrogen and oxygen atoms in total. The molecule has 0 aliphatic heterocycles. The van der Waals surface area contributed by atoms with Crippen LogP contribution in [-0.4, -0.2) is 79.8 Å². The predicted octanol–water partition coefficient (Wildman–Crippen LogP) is 8.79. The predicted molar refractivity (Wildman–Crippen MR) is 244 cm³/mol. The summed E-state index contributed by atoms with van der Waals surface area (Å²) < 4.78 is 48.6. The lowest BCUT2D eigenvalue weighted by Crippen LogP contribution is -2.14. The Bertz CT molecular complexity index is 2850. The van der Waals surface area contributed by atoms with Crippen LogP contribution in [0.1, 0.15) is 62.9 Å². The Labute approximate surface area is 380 Å². The van der Waals surface area contributed by atoms with E-state index in [1.54, 1.807) is 12.1 Å². The number of esters is 2. The average Bonchev–Trinajstić information content (AvgIpc) is 3.33. The van der Waals surface area contributed by atoms with Crippen molar-refractivity contribution in [2.24, 2.45) is 0 Å². The lowest BCUT2D eigenvalue weighted by Gasteiger charge is -2.15. The van der Waals surface area contributed by atoms with Crippen molar-refractivity contribution in [1.82, 2.24) is 0 Å². The summed E-state index contributed by atoms with van der Waals surface area (Å²) in [4.78, 5) is 65.0. The van der Waals surface area contributed by atoms with E-state index in [0.717, 1.165) is 22.3 Å². The first-order chi connectivity index (χ1) is 31.8. The second kappa shape index (κ2) is 20.8. The van der Waals surface area contributed by atoms with Gasteiger partial charge < -0.3 is 53.3 Å². The highest BCUT2D eigenvalue weighted by molar-refractivity contribution is 6.06. The molecule has 6 aromatic rings. The number of methoxy groups -OCH3 is 7.